The summed E-state index contributed by atoms with van der Waals surface area (Å²) in [5.41, 5.74) is 0.508. The molecule has 0 atom stereocenters. The molecule has 0 spiro atoms. The number of aromatic nitrogens is 3. The number of hydrogen-bond donors (Lipinski definition) is 1. The molecule has 2 rings (SSSR count). The highest BCUT2D eigenvalue weighted by molar-refractivity contribution is 7.98. The van der Waals surface area contributed by atoms with Crippen molar-refractivity contribution in [3.63, 3.8) is 0 Å². The van der Waals surface area contributed by atoms with Crippen LogP contribution in [0.4, 0.5) is 0 Å². The summed E-state index contributed by atoms with van der Waals surface area (Å²) >= 11 is 1.27. The van der Waals surface area contributed by atoms with Crippen LogP contribution in [0.1, 0.15) is 13.8 Å². The zero-order valence-electron chi connectivity index (χ0n) is 11.5. The maximum absolute atomic E-state index is 12.1. The van der Waals surface area contributed by atoms with Gasteiger partial charge in [0.15, 0.2) is 5.69 Å². The predicted molar refractivity (Wildman–Crippen MR) is 79.4 cm³/mol. The Bertz CT molecular complexity index is 652. The molecule has 0 bridgehead atoms. The topological polar surface area (TPSA) is 83.0 Å². The van der Waals surface area contributed by atoms with Crippen molar-refractivity contribution in [2.45, 2.75) is 25.1 Å². The van der Waals surface area contributed by atoms with Gasteiger partial charge in [0, 0.05) is 5.56 Å². The van der Waals surface area contributed by atoms with Crippen molar-refractivity contribution in [3.05, 3.63) is 34.6 Å². The van der Waals surface area contributed by atoms with Crippen molar-refractivity contribution in [1.29, 1.82) is 0 Å². The summed E-state index contributed by atoms with van der Waals surface area (Å²) in [6.07, 6.45) is 1.88. The lowest BCUT2D eigenvalue weighted by molar-refractivity contribution is 0.242. The molecule has 1 aromatic carbocycles. The SMILES string of the molecule is CSc1nnc(-c2ccc(OC(C)C)cc2)c(=O)n1N. The highest BCUT2D eigenvalue weighted by Gasteiger charge is 2.11. The molecule has 0 fully saturated rings. The predicted octanol–water partition coefficient (Wildman–Crippen LogP) is 1.53. The molecule has 0 unspecified atom stereocenters. The Balaban J connectivity index is 2.37. The van der Waals surface area contributed by atoms with Gasteiger partial charge in [-0.1, -0.05) is 11.8 Å². The minimum Gasteiger partial charge on any atom is -0.491 e. The fourth-order valence-corrected chi connectivity index (χ4v) is 2.07. The fourth-order valence-electron chi connectivity index (χ4n) is 1.67. The van der Waals surface area contributed by atoms with E-state index >= 15 is 0 Å². The third-order valence-corrected chi connectivity index (χ3v) is 3.19. The van der Waals surface area contributed by atoms with E-state index in [-0.39, 0.29) is 17.4 Å². The molecule has 106 valence electrons. The van der Waals surface area contributed by atoms with Crippen molar-refractivity contribution >= 4 is 11.8 Å². The van der Waals surface area contributed by atoms with Crippen LogP contribution in [0.2, 0.25) is 0 Å². The molecule has 0 radical (unpaired) electrons. The molecule has 1 aromatic heterocycles. The van der Waals surface area contributed by atoms with E-state index in [0.717, 1.165) is 10.4 Å². The second-order valence-corrected chi connectivity index (χ2v) is 5.17. The summed E-state index contributed by atoms with van der Waals surface area (Å²) in [5, 5.41) is 8.24. The monoisotopic (exact) mass is 292 g/mol. The van der Waals surface area contributed by atoms with Gasteiger partial charge in [-0.2, -0.15) is 4.68 Å². The zero-order chi connectivity index (χ0) is 14.7. The number of hydrogen-bond acceptors (Lipinski definition) is 6. The van der Waals surface area contributed by atoms with Crippen LogP contribution in [-0.4, -0.2) is 27.2 Å². The number of rotatable bonds is 4. The molecular formula is C13H16N4O2S. The molecule has 0 aliphatic carbocycles. The third kappa shape index (κ3) is 2.93. The highest BCUT2D eigenvalue weighted by Crippen LogP contribution is 2.19. The summed E-state index contributed by atoms with van der Waals surface area (Å²) in [6, 6.07) is 7.11. The van der Waals surface area contributed by atoms with E-state index < -0.39 is 0 Å². The van der Waals surface area contributed by atoms with Crippen molar-refractivity contribution in [2.24, 2.45) is 0 Å². The first-order valence-corrected chi connectivity index (χ1v) is 7.31. The van der Waals surface area contributed by atoms with Crippen LogP contribution in [0, 0.1) is 0 Å². The molecule has 7 heteroatoms. The second kappa shape index (κ2) is 5.96. The lowest BCUT2D eigenvalue weighted by Gasteiger charge is -2.10. The van der Waals surface area contributed by atoms with Gasteiger partial charge < -0.3 is 10.6 Å². The molecule has 0 amide bonds. The molecular weight excluding hydrogens is 276 g/mol. The molecule has 1 heterocycles. The maximum atomic E-state index is 12.1. The number of nitrogens with zero attached hydrogens (tertiary/aromatic N) is 3. The Kier molecular flexibility index (Phi) is 4.29. The van der Waals surface area contributed by atoms with Gasteiger partial charge in [-0.3, -0.25) is 4.79 Å². The van der Waals surface area contributed by atoms with Crippen LogP contribution >= 0.6 is 11.8 Å². The van der Waals surface area contributed by atoms with Gasteiger partial charge in [0.1, 0.15) is 5.75 Å². The summed E-state index contributed by atoms with van der Waals surface area (Å²) < 4.78 is 6.55. The van der Waals surface area contributed by atoms with E-state index in [1.807, 2.05) is 13.8 Å². The Morgan fingerprint density at radius 1 is 1.25 bits per heavy atom. The van der Waals surface area contributed by atoms with Crippen LogP contribution in [0.3, 0.4) is 0 Å². The first-order valence-electron chi connectivity index (χ1n) is 6.09. The van der Waals surface area contributed by atoms with Crippen molar-refractivity contribution < 1.29 is 4.74 Å². The summed E-state index contributed by atoms with van der Waals surface area (Å²) in [5.74, 6) is 6.42. The minimum atomic E-state index is -0.373. The lowest BCUT2D eigenvalue weighted by atomic mass is 10.1. The van der Waals surface area contributed by atoms with Crippen LogP contribution in [0.15, 0.2) is 34.2 Å². The Hall–Kier alpha value is -2.02. The van der Waals surface area contributed by atoms with Crippen molar-refractivity contribution in [2.75, 3.05) is 12.1 Å². The Morgan fingerprint density at radius 2 is 1.90 bits per heavy atom. The van der Waals surface area contributed by atoms with E-state index in [0.29, 0.717) is 10.7 Å². The van der Waals surface area contributed by atoms with Gasteiger partial charge in [-0.15, -0.1) is 10.2 Å². The number of nitrogens with two attached hydrogens (primary N) is 1. The van der Waals surface area contributed by atoms with E-state index in [1.54, 1.807) is 30.5 Å². The molecule has 2 N–H and O–H groups in total. The smallest absolute Gasteiger partial charge is 0.299 e. The third-order valence-electron chi connectivity index (χ3n) is 2.55. The Morgan fingerprint density at radius 3 is 2.45 bits per heavy atom. The van der Waals surface area contributed by atoms with Gasteiger partial charge in [0.2, 0.25) is 5.16 Å². The second-order valence-electron chi connectivity index (χ2n) is 4.40. The van der Waals surface area contributed by atoms with Crippen molar-refractivity contribution in [3.8, 4) is 17.0 Å². The van der Waals surface area contributed by atoms with Crippen LogP contribution in [-0.2, 0) is 0 Å². The molecule has 0 saturated heterocycles. The minimum absolute atomic E-state index is 0.0998. The first-order chi connectivity index (χ1) is 9.52. The summed E-state index contributed by atoms with van der Waals surface area (Å²) in [7, 11) is 0. The van der Waals surface area contributed by atoms with Gasteiger partial charge >= 0.3 is 0 Å². The van der Waals surface area contributed by atoms with Crippen LogP contribution < -0.4 is 16.1 Å². The number of ether oxygens (including phenoxy) is 1. The van der Waals surface area contributed by atoms with E-state index in [1.165, 1.54) is 11.8 Å². The van der Waals surface area contributed by atoms with Gasteiger partial charge in [0.05, 0.1) is 6.10 Å². The zero-order valence-corrected chi connectivity index (χ0v) is 12.3. The molecule has 2 aromatic rings. The van der Waals surface area contributed by atoms with Crippen molar-refractivity contribution in [1.82, 2.24) is 14.9 Å². The summed E-state index contributed by atoms with van der Waals surface area (Å²) in [4.78, 5) is 12.1. The normalized spacial score (nSPS) is 10.8. The molecule has 0 aliphatic heterocycles. The van der Waals surface area contributed by atoms with Crippen LogP contribution in [0.25, 0.3) is 11.3 Å². The number of nitrogen functional groups attached to an aromatic ring is 1. The largest absolute Gasteiger partial charge is 0.491 e. The summed E-state index contributed by atoms with van der Waals surface area (Å²) in [6.45, 7) is 3.90. The Labute approximate surface area is 120 Å². The molecule has 0 saturated carbocycles. The first kappa shape index (κ1) is 14.4. The standard InChI is InChI=1S/C13H16N4O2S/c1-8(2)19-10-6-4-9(5-7-10)11-12(18)17(14)13(20-3)16-15-11/h4-8H,14H2,1-3H3. The van der Waals surface area contributed by atoms with Gasteiger partial charge in [-0.25, -0.2) is 0 Å². The van der Waals surface area contributed by atoms with Crippen LogP contribution in [0.5, 0.6) is 5.75 Å². The van der Waals surface area contributed by atoms with E-state index in [9.17, 15) is 4.79 Å². The van der Waals surface area contributed by atoms with E-state index in [4.69, 9.17) is 10.6 Å². The average Bonchev–Trinajstić information content (AvgIpc) is 2.42. The van der Waals surface area contributed by atoms with E-state index in [2.05, 4.69) is 10.2 Å². The molecule has 20 heavy (non-hydrogen) atoms. The molecule has 6 nitrogen and oxygen atoms in total. The maximum Gasteiger partial charge on any atom is 0.299 e. The van der Waals surface area contributed by atoms with Gasteiger partial charge in [0.25, 0.3) is 5.56 Å². The molecule has 0 aliphatic rings. The fraction of sp³-hybridized carbons (Fsp3) is 0.308. The lowest BCUT2D eigenvalue weighted by Crippen LogP contribution is -2.31. The average molecular weight is 292 g/mol. The highest BCUT2D eigenvalue weighted by atomic mass is 32.2. The van der Waals surface area contributed by atoms with Gasteiger partial charge in [-0.05, 0) is 44.4 Å². The quantitative estimate of drug-likeness (QED) is 0.679. The number of benzene rings is 1. The number of thioether (sulfide) groups is 1.